The Morgan fingerprint density at radius 1 is 1.00 bits per heavy atom. The van der Waals surface area contributed by atoms with Crippen LogP contribution >= 0.6 is 0 Å². The number of nitrogens with one attached hydrogen (secondary N) is 1. The molecule has 5 heteroatoms. The van der Waals surface area contributed by atoms with E-state index in [2.05, 4.69) is 5.32 Å². The van der Waals surface area contributed by atoms with Gasteiger partial charge in [-0.05, 0) is 54.2 Å². The molecule has 0 saturated heterocycles. The van der Waals surface area contributed by atoms with E-state index in [0.717, 1.165) is 23.5 Å². The normalized spacial score (nSPS) is 19.1. The number of benzene rings is 2. The van der Waals surface area contributed by atoms with E-state index >= 15 is 0 Å². The highest BCUT2D eigenvalue weighted by atomic mass is 16.5. The minimum Gasteiger partial charge on any atom is -0.493 e. The highest BCUT2D eigenvalue weighted by Crippen LogP contribution is 2.27. The topological polar surface area (TPSA) is 58.6 Å². The Kier molecular flexibility index (Phi) is 6.36. The van der Waals surface area contributed by atoms with E-state index in [9.17, 15) is 9.59 Å². The summed E-state index contributed by atoms with van der Waals surface area (Å²) < 4.78 is 5.96. The van der Waals surface area contributed by atoms with E-state index in [0.29, 0.717) is 24.4 Å². The van der Waals surface area contributed by atoms with Gasteiger partial charge in [-0.1, -0.05) is 43.5 Å². The van der Waals surface area contributed by atoms with E-state index in [1.165, 1.54) is 32.1 Å². The Balaban J connectivity index is 1.46. The SMILES string of the molecule is CNC(=O)[C@@H]1Cc2ccccc2CN1C(=O)c1ccc(OCC2CCCCC2)cc1. The Labute approximate surface area is 178 Å². The van der Waals surface area contributed by atoms with Gasteiger partial charge in [0.15, 0.2) is 0 Å². The summed E-state index contributed by atoms with van der Waals surface area (Å²) in [6.45, 7) is 1.18. The molecule has 5 nitrogen and oxygen atoms in total. The highest BCUT2D eigenvalue weighted by Gasteiger charge is 2.34. The molecule has 0 unspecified atom stereocenters. The Morgan fingerprint density at radius 2 is 1.70 bits per heavy atom. The summed E-state index contributed by atoms with van der Waals surface area (Å²) in [6, 6.07) is 14.8. The second kappa shape index (κ2) is 9.33. The molecule has 30 heavy (non-hydrogen) atoms. The van der Waals surface area contributed by atoms with E-state index in [1.54, 1.807) is 24.1 Å². The summed E-state index contributed by atoms with van der Waals surface area (Å²) >= 11 is 0. The van der Waals surface area contributed by atoms with Gasteiger partial charge in [-0.3, -0.25) is 9.59 Å². The quantitative estimate of drug-likeness (QED) is 0.818. The Bertz CT molecular complexity index is 888. The van der Waals surface area contributed by atoms with Gasteiger partial charge in [-0.2, -0.15) is 0 Å². The van der Waals surface area contributed by atoms with E-state index in [-0.39, 0.29) is 11.8 Å². The molecule has 1 heterocycles. The van der Waals surface area contributed by atoms with Gasteiger partial charge < -0.3 is 15.0 Å². The van der Waals surface area contributed by atoms with Crippen molar-refractivity contribution in [3.05, 3.63) is 65.2 Å². The lowest BCUT2D eigenvalue weighted by atomic mass is 9.90. The van der Waals surface area contributed by atoms with E-state index in [4.69, 9.17) is 4.74 Å². The van der Waals surface area contributed by atoms with Crippen LogP contribution in [0.15, 0.2) is 48.5 Å². The van der Waals surface area contributed by atoms with Gasteiger partial charge in [0.2, 0.25) is 5.91 Å². The largest absolute Gasteiger partial charge is 0.493 e. The summed E-state index contributed by atoms with van der Waals surface area (Å²) in [6.07, 6.45) is 6.96. The zero-order valence-corrected chi connectivity index (χ0v) is 17.6. The number of amides is 2. The molecule has 0 aromatic heterocycles. The molecule has 0 bridgehead atoms. The monoisotopic (exact) mass is 406 g/mol. The molecule has 1 N–H and O–H groups in total. The fraction of sp³-hybridized carbons (Fsp3) is 0.440. The molecule has 0 radical (unpaired) electrons. The van der Waals surface area contributed by atoms with Gasteiger partial charge in [0.05, 0.1) is 6.61 Å². The Morgan fingerprint density at radius 3 is 2.40 bits per heavy atom. The third-order valence-electron chi connectivity index (χ3n) is 6.37. The maximum Gasteiger partial charge on any atom is 0.254 e. The van der Waals surface area contributed by atoms with Crippen molar-refractivity contribution in [1.82, 2.24) is 10.2 Å². The number of rotatable bonds is 5. The lowest BCUT2D eigenvalue weighted by Crippen LogP contribution is -2.51. The first kappa shape index (κ1) is 20.5. The van der Waals surface area contributed by atoms with Crippen LogP contribution in [0.4, 0.5) is 0 Å². The van der Waals surface area contributed by atoms with Crippen LogP contribution in [0, 0.1) is 5.92 Å². The van der Waals surface area contributed by atoms with Crippen molar-refractivity contribution in [2.45, 2.75) is 51.1 Å². The van der Waals surface area contributed by atoms with Crippen LogP contribution in [-0.2, 0) is 17.8 Å². The molecule has 1 fully saturated rings. The van der Waals surface area contributed by atoms with Crippen molar-refractivity contribution in [2.24, 2.45) is 5.92 Å². The highest BCUT2D eigenvalue weighted by molar-refractivity contribution is 5.98. The van der Waals surface area contributed by atoms with Gasteiger partial charge in [-0.25, -0.2) is 0 Å². The van der Waals surface area contributed by atoms with Crippen LogP contribution < -0.4 is 10.1 Å². The first-order valence-corrected chi connectivity index (χ1v) is 11.0. The average Bonchev–Trinajstić information content (AvgIpc) is 2.82. The fourth-order valence-electron chi connectivity index (χ4n) is 4.56. The molecule has 2 amide bonds. The van der Waals surface area contributed by atoms with Crippen molar-refractivity contribution < 1.29 is 14.3 Å². The van der Waals surface area contributed by atoms with Crippen molar-refractivity contribution in [3.8, 4) is 5.75 Å². The van der Waals surface area contributed by atoms with Crippen molar-refractivity contribution in [2.75, 3.05) is 13.7 Å². The number of ether oxygens (including phenoxy) is 1. The summed E-state index contributed by atoms with van der Waals surface area (Å²) in [4.78, 5) is 27.4. The lowest BCUT2D eigenvalue weighted by Gasteiger charge is -2.35. The van der Waals surface area contributed by atoms with Gasteiger partial charge in [0, 0.05) is 25.6 Å². The first-order chi connectivity index (χ1) is 14.7. The molecular weight excluding hydrogens is 376 g/mol. The average molecular weight is 407 g/mol. The van der Waals surface area contributed by atoms with Crippen molar-refractivity contribution in [3.63, 3.8) is 0 Å². The van der Waals surface area contributed by atoms with Crippen LogP contribution in [0.5, 0.6) is 5.75 Å². The van der Waals surface area contributed by atoms with E-state index in [1.807, 2.05) is 36.4 Å². The second-order valence-corrected chi connectivity index (χ2v) is 8.38. The van der Waals surface area contributed by atoms with Crippen LogP contribution in [0.3, 0.4) is 0 Å². The van der Waals surface area contributed by atoms with Crippen LogP contribution in [-0.4, -0.2) is 36.4 Å². The van der Waals surface area contributed by atoms with Crippen molar-refractivity contribution in [1.29, 1.82) is 0 Å². The zero-order valence-electron chi connectivity index (χ0n) is 17.6. The van der Waals surface area contributed by atoms with Crippen LogP contribution in [0.1, 0.15) is 53.6 Å². The summed E-state index contributed by atoms with van der Waals surface area (Å²) in [5.41, 5.74) is 2.80. The minimum absolute atomic E-state index is 0.128. The number of carbonyl (C=O) groups excluding carboxylic acids is 2. The van der Waals surface area contributed by atoms with Crippen molar-refractivity contribution >= 4 is 11.8 Å². The third kappa shape index (κ3) is 4.50. The zero-order chi connectivity index (χ0) is 20.9. The van der Waals surface area contributed by atoms with Gasteiger partial charge in [-0.15, -0.1) is 0 Å². The maximum absolute atomic E-state index is 13.3. The molecule has 2 aromatic carbocycles. The maximum atomic E-state index is 13.3. The molecule has 1 aliphatic heterocycles. The number of carbonyl (C=O) groups is 2. The van der Waals surface area contributed by atoms with Crippen LogP contribution in [0.2, 0.25) is 0 Å². The third-order valence-corrected chi connectivity index (χ3v) is 6.37. The molecule has 1 saturated carbocycles. The summed E-state index contributed by atoms with van der Waals surface area (Å²) in [5, 5.41) is 2.71. The van der Waals surface area contributed by atoms with Gasteiger partial charge in [0.1, 0.15) is 11.8 Å². The number of nitrogens with zero attached hydrogens (tertiary/aromatic N) is 1. The molecule has 1 atom stereocenters. The van der Waals surface area contributed by atoms with Gasteiger partial charge >= 0.3 is 0 Å². The Hall–Kier alpha value is -2.82. The molecule has 2 aromatic rings. The van der Waals surface area contributed by atoms with E-state index < -0.39 is 6.04 Å². The predicted octanol–water partition coefficient (Wildman–Crippen LogP) is 3.96. The lowest BCUT2D eigenvalue weighted by molar-refractivity contribution is -0.125. The smallest absolute Gasteiger partial charge is 0.254 e. The number of hydrogen-bond acceptors (Lipinski definition) is 3. The number of hydrogen-bond donors (Lipinski definition) is 1. The minimum atomic E-state index is -0.500. The molecular formula is C25H30N2O3. The second-order valence-electron chi connectivity index (χ2n) is 8.38. The summed E-state index contributed by atoms with van der Waals surface area (Å²) in [7, 11) is 1.62. The number of likely N-dealkylation sites (N-methyl/N-ethyl adjacent to an activating group) is 1. The number of fused-ring (bicyclic) bond motifs is 1. The predicted molar refractivity (Wildman–Crippen MR) is 116 cm³/mol. The standard InChI is InChI=1S/C25H30N2O3/c1-26-24(28)23-15-20-9-5-6-10-21(20)16-27(23)25(29)19-11-13-22(14-12-19)30-17-18-7-3-2-4-8-18/h5-6,9-14,18,23H,2-4,7-8,15-17H2,1H3,(H,26,28)/t23-/m0/s1. The molecule has 1 aliphatic carbocycles. The van der Waals surface area contributed by atoms with Crippen LogP contribution in [0.25, 0.3) is 0 Å². The van der Waals surface area contributed by atoms with Gasteiger partial charge in [0.25, 0.3) is 5.91 Å². The molecule has 4 rings (SSSR count). The summed E-state index contributed by atoms with van der Waals surface area (Å²) in [5.74, 6) is 1.17. The molecule has 158 valence electrons. The first-order valence-electron chi connectivity index (χ1n) is 11.0. The molecule has 0 spiro atoms. The molecule has 2 aliphatic rings. The fourth-order valence-corrected chi connectivity index (χ4v) is 4.56.